The maximum absolute atomic E-state index is 12.0. The maximum Gasteiger partial charge on any atom is 0.146 e. The van der Waals surface area contributed by atoms with Gasteiger partial charge in [0.05, 0.1) is 5.41 Å². The van der Waals surface area contributed by atoms with Gasteiger partial charge in [0.1, 0.15) is 17.6 Å². The van der Waals surface area contributed by atoms with Crippen LogP contribution < -0.4 is 4.74 Å². The minimum absolute atomic E-state index is 0.115. The molecule has 0 N–H and O–H groups in total. The van der Waals surface area contributed by atoms with Crippen LogP contribution in [-0.4, -0.2) is 11.9 Å². The molecule has 2 fully saturated rings. The number of Topliss-reactive ketones (excluding diaryl/α,β-unsaturated/α-hetero) is 1. The molecule has 2 heteroatoms. The Morgan fingerprint density at radius 2 is 1.75 bits per heavy atom. The van der Waals surface area contributed by atoms with Gasteiger partial charge in [-0.3, -0.25) is 4.79 Å². The first-order valence-electron chi connectivity index (χ1n) is 8.10. The zero-order valence-corrected chi connectivity index (χ0v) is 12.0. The van der Waals surface area contributed by atoms with E-state index in [2.05, 4.69) is 18.2 Å². The summed E-state index contributed by atoms with van der Waals surface area (Å²) in [5, 5.41) is 0. The monoisotopic (exact) mass is 270 g/mol. The first-order valence-corrected chi connectivity index (χ1v) is 8.10. The summed E-state index contributed by atoms with van der Waals surface area (Å²) in [6.45, 7) is 0. The van der Waals surface area contributed by atoms with E-state index in [1.165, 1.54) is 49.7 Å². The minimum atomic E-state index is -0.115. The van der Waals surface area contributed by atoms with Crippen LogP contribution in [0.3, 0.4) is 0 Å². The molecule has 1 aromatic rings. The van der Waals surface area contributed by atoms with E-state index >= 15 is 0 Å². The van der Waals surface area contributed by atoms with E-state index in [-0.39, 0.29) is 11.5 Å². The van der Waals surface area contributed by atoms with Crippen molar-refractivity contribution < 1.29 is 9.53 Å². The van der Waals surface area contributed by atoms with Gasteiger partial charge in [-0.2, -0.15) is 0 Å². The molecular formula is C18H22O2. The van der Waals surface area contributed by atoms with E-state index in [1.54, 1.807) is 0 Å². The quantitative estimate of drug-likeness (QED) is 0.816. The average molecular weight is 270 g/mol. The lowest BCUT2D eigenvalue weighted by Gasteiger charge is -2.44. The highest BCUT2D eigenvalue weighted by Gasteiger charge is 2.57. The molecule has 1 unspecified atom stereocenters. The summed E-state index contributed by atoms with van der Waals surface area (Å²) in [5.41, 5.74) is 2.83. The van der Waals surface area contributed by atoms with E-state index in [4.69, 9.17) is 4.74 Å². The largest absolute Gasteiger partial charge is 0.489 e. The summed E-state index contributed by atoms with van der Waals surface area (Å²) < 4.78 is 6.20. The summed E-state index contributed by atoms with van der Waals surface area (Å²) in [6, 6.07) is 6.56. The van der Waals surface area contributed by atoms with Crippen LogP contribution in [-0.2, 0) is 17.6 Å². The Hall–Kier alpha value is -1.31. The number of hydrogen-bond acceptors (Lipinski definition) is 2. The Bertz CT molecular complexity index is 540. The second-order valence-electron chi connectivity index (χ2n) is 6.73. The molecule has 1 aromatic carbocycles. The molecule has 0 bridgehead atoms. The molecule has 0 saturated heterocycles. The molecule has 20 heavy (non-hydrogen) atoms. The summed E-state index contributed by atoms with van der Waals surface area (Å²) in [6.07, 6.45) is 10.2. The highest BCUT2D eigenvalue weighted by Crippen LogP contribution is 2.52. The van der Waals surface area contributed by atoms with Crippen molar-refractivity contribution >= 4 is 5.78 Å². The molecule has 4 rings (SSSR count). The molecule has 1 atom stereocenters. The number of rotatable bonds is 2. The SMILES string of the molecule is O=C1CC(Oc2ccc3c(c2)CCCC3)C12CCCC2. The van der Waals surface area contributed by atoms with Crippen LogP contribution in [0.15, 0.2) is 18.2 Å². The lowest BCUT2D eigenvalue weighted by Crippen LogP contribution is -2.55. The van der Waals surface area contributed by atoms with Crippen LogP contribution in [0.25, 0.3) is 0 Å². The first-order chi connectivity index (χ1) is 9.78. The van der Waals surface area contributed by atoms with Gasteiger partial charge in [-0.05, 0) is 61.8 Å². The van der Waals surface area contributed by atoms with Crippen molar-refractivity contribution in [3.05, 3.63) is 29.3 Å². The third-order valence-corrected chi connectivity index (χ3v) is 5.64. The summed E-state index contributed by atoms with van der Waals surface area (Å²) in [7, 11) is 0. The lowest BCUT2D eigenvalue weighted by molar-refractivity contribution is -0.151. The van der Waals surface area contributed by atoms with Gasteiger partial charge in [-0.25, -0.2) is 0 Å². The number of ether oxygens (including phenoxy) is 1. The standard InChI is InChI=1S/C18H22O2/c19-16-12-17(18(16)9-3-4-10-18)20-15-8-7-13-5-1-2-6-14(13)11-15/h7-8,11,17H,1-6,9-10,12H2. The second-order valence-corrected chi connectivity index (χ2v) is 6.73. The van der Waals surface area contributed by atoms with Crippen molar-refractivity contribution in [3.63, 3.8) is 0 Å². The third kappa shape index (κ3) is 1.81. The Morgan fingerprint density at radius 1 is 1.00 bits per heavy atom. The van der Waals surface area contributed by atoms with E-state index in [1.807, 2.05) is 0 Å². The molecule has 2 saturated carbocycles. The van der Waals surface area contributed by atoms with Crippen molar-refractivity contribution in [2.75, 3.05) is 0 Å². The second kappa shape index (κ2) is 4.61. The van der Waals surface area contributed by atoms with Gasteiger partial charge >= 0.3 is 0 Å². The fourth-order valence-electron chi connectivity index (χ4n) is 4.32. The highest BCUT2D eigenvalue weighted by molar-refractivity contribution is 5.92. The maximum atomic E-state index is 12.0. The van der Waals surface area contributed by atoms with Gasteiger partial charge in [0.15, 0.2) is 0 Å². The molecule has 0 amide bonds. The molecule has 106 valence electrons. The van der Waals surface area contributed by atoms with Gasteiger partial charge < -0.3 is 4.74 Å². The average Bonchev–Trinajstić information content (AvgIpc) is 2.99. The molecule has 1 spiro atoms. The van der Waals surface area contributed by atoms with Crippen LogP contribution >= 0.6 is 0 Å². The number of benzene rings is 1. The number of aryl methyl sites for hydroxylation is 2. The first kappa shape index (κ1) is 12.4. The number of carbonyl (C=O) groups excluding carboxylic acids is 1. The summed E-state index contributed by atoms with van der Waals surface area (Å²) >= 11 is 0. The molecular weight excluding hydrogens is 248 g/mol. The minimum Gasteiger partial charge on any atom is -0.489 e. The Kier molecular flexibility index (Phi) is 2.87. The number of fused-ring (bicyclic) bond motifs is 1. The fraction of sp³-hybridized carbons (Fsp3) is 0.611. The third-order valence-electron chi connectivity index (χ3n) is 5.64. The van der Waals surface area contributed by atoms with Gasteiger partial charge in [-0.1, -0.05) is 18.9 Å². The zero-order valence-electron chi connectivity index (χ0n) is 12.0. The van der Waals surface area contributed by atoms with Crippen molar-refractivity contribution in [1.82, 2.24) is 0 Å². The van der Waals surface area contributed by atoms with Crippen LogP contribution in [0, 0.1) is 5.41 Å². The number of carbonyl (C=O) groups is 1. The van der Waals surface area contributed by atoms with Gasteiger partial charge in [0, 0.05) is 6.42 Å². The molecule has 0 radical (unpaired) electrons. The van der Waals surface area contributed by atoms with Crippen LogP contribution in [0.2, 0.25) is 0 Å². The zero-order chi connectivity index (χ0) is 13.6. The van der Waals surface area contributed by atoms with Gasteiger partial charge in [0.25, 0.3) is 0 Å². The molecule has 2 nitrogen and oxygen atoms in total. The van der Waals surface area contributed by atoms with Crippen LogP contribution in [0.4, 0.5) is 0 Å². The molecule has 0 aliphatic heterocycles. The smallest absolute Gasteiger partial charge is 0.146 e. The van der Waals surface area contributed by atoms with Crippen LogP contribution in [0.5, 0.6) is 5.75 Å². The highest BCUT2D eigenvalue weighted by atomic mass is 16.5. The van der Waals surface area contributed by atoms with Crippen molar-refractivity contribution in [3.8, 4) is 5.75 Å². The molecule has 0 heterocycles. The lowest BCUT2D eigenvalue weighted by atomic mass is 9.63. The van der Waals surface area contributed by atoms with E-state index < -0.39 is 0 Å². The topological polar surface area (TPSA) is 26.3 Å². The van der Waals surface area contributed by atoms with Crippen LogP contribution in [0.1, 0.15) is 56.1 Å². The molecule has 3 aliphatic rings. The Balaban J connectivity index is 1.53. The predicted molar refractivity (Wildman–Crippen MR) is 78.0 cm³/mol. The number of ketones is 1. The fourth-order valence-corrected chi connectivity index (χ4v) is 4.32. The van der Waals surface area contributed by atoms with E-state index in [0.717, 1.165) is 18.6 Å². The van der Waals surface area contributed by atoms with Gasteiger partial charge in [-0.15, -0.1) is 0 Å². The molecule has 0 aromatic heterocycles. The normalized spacial score (nSPS) is 27.2. The van der Waals surface area contributed by atoms with Crippen molar-refractivity contribution in [2.24, 2.45) is 5.41 Å². The summed E-state index contributed by atoms with van der Waals surface area (Å²) in [4.78, 5) is 12.0. The van der Waals surface area contributed by atoms with E-state index in [0.29, 0.717) is 12.2 Å². The number of hydrogen-bond donors (Lipinski definition) is 0. The van der Waals surface area contributed by atoms with Crippen molar-refractivity contribution in [1.29, 1.82) is 0 Å². The molecule has 3 aliphatic carbocycles. The predicted octanol–water partition coefficient (Wildman–Crippen LogP) is 3.85. The van der Waals surface area contributed by atoms with E-state index in [9.17, 15) is 4.79 Å². The Labute approximate surface area is 120 Å². The van der Waals surface area contributed by atoms with Crippen molar-refractivity contribution in [2.45, 2.75) is 63.9 Å². The van der Waals surface area contributed by atoms with Gasteiger partial charge in [0.2, 0.25) is 0 Å². The summed E-state index contributed by atoms with van der Waals surface area (Å²) in [5.74, 6) is 1.42. The Morgan fingerprint density at radius 3 is 2.50 bits per heavy atom.